The zero-order valence-corrected chi connectivity index (χ0v) is 12.5. The number of hydrogen-bond donors (Lipinski definition) is 0. The molecule has 0 radical (unpaired) electrons. The Labute approximate surface area is 121 Å². The topological polar surface area (TPSA) is 18.5 Å². The summed E-state index contributed by atoms with van der Waals surface area (Å²) in [6.07, 6.45) is 0. The van der Waals surface area contributed by atoms with Gasteiger partial charge in [0.05, 0.1) is 14.2 Å². The molecule has 0 spiro atoms. The van der Waals surface area contributed by atoms with Crippen LogP contribution in [0.15, 0.2) is 53.5 Å². The first-order valence-corrected chi connectivity index (χ1v) is 6.63. The normalized spacial score (nSPS) is 10.1. The van der Waals surface area contributed by atoms with E-state index in [9.17, 15) is 0 Å². The average molecular weight is 319 g/mol. The van der Waals surface area contributed by atoms with Gasteiger partial charge in [-0.15, -0.1) is 0 Å². The smallest absolute Gasteiger partial charge is 0.137 e. The van der Waals surface area contributed by atoms with E-state index >= 15 is 0 Å². The number of halogens is 1. The molecule has 3 heteroatoms. The largest absolute Gasteiger partial charge is 0.495 e. The molecule has 0 aliphatic rings. The van der Waals surface area contributed by atoms with Crippen LogP contribution in [0.3, 0.4) is 0 Å². The van der Waals surface area contributed by atoms with Gasteiger partial charge in [-0.1, -0.05) is 36.9 Å². The lowest BCUT2D eigenvalue weighted by Crippen LogP contribution is -1.94. The standard InChI is InChI=1S/C16H15BrO2/c1-11(12-7-5-4-6-8-12)13-9-14(18-2)16(17)15(10-13)19-3/h4-10H,1H2,2-3H3. The molecule has 2 rings (SSSR count). The van der Waals surface area contributed by atoms with E-state index in [1.807, 2.05) is 42.5 Å². The highest BCUT2D eigenvalue weighted by atomic mass is 79.9. The van der Waals surface area contributed by atoms with Crippen molar-refractivity contribution >= 4 is 21.5 Å². The van der Waals surface area contributed by atoms with Crippen LogP contribution >= 0.6 is 15.9 Å². The Morgan fingerprint density at radius 3 is 1.95 bits per heavy atom. The average Bonchev–Trinajstić information content (AvgIpc) is 2.47. The van der Waals surface area contributed by atoms with Crippen LogP contribution in [0.5, 0.6) is 11.5 Å². The van der Waals surface area contributed by atoms with Crippen molar-refractivity contribution in [3.8, 4) is 11.5 Å². The van der Waals surface area contributed by atoms with E-state index in [0.29, 0.717) is 0 Å². The van der Waals surface area contributed by atoms with Crippen molar-refractivity contribution in [1.29, 1.82) is 0 Å². The van der Waals surface area contributed by atoms with Gasteiger partial charge in [0.25, 0.3) is 0 Å². The molecular formula is C16H15BrO2. The summed E-state index contributed by atoms with van der Waals surface area (Å²) in [5.41, 5.74) is 2.99. The zero-order chi connectivity index (χ0) is 13.8. The molecule has 0 atom stereocenters. The Kier molecular flexibility index (Phi) is 4.27. The van der Waals surface area contributed by atoms with Gasteiger partial charge in [0, 0.05) is 0 Å². The van der Waals surface area contributed by atoms with E-state index < -0.39 is 0 Å². The number of benzene rings is 2. The molecule has 0 saturated carbocycles. The molecule has 98 valence electrons. The highest BCUT2D eigenvalue weighted by molar-refractivity contribution is 9.10. The van der Waals surface area contributed by atoms with Gasteiger partial charge in [-0.25, -0.2) is 0 Å². The van der Waals surface area contributed by atoms with Gasteiger partial charge < -0.3 is 9.47 Å². The molecule has 0 heterocycles. The van der Waals surface area contributed by atoms with Crippen LogP contribution in [0, 0.1) is 0 Å². The third-order valence-corrected chi connectivity index (χ3v) is 3.70. The molecule has 0 bridgehead atoms. The molecular weight excluding hydrogens is 304 g/mol. The zero-order valence-electron chi connectivity index (χ0n) is 10.9. The first-order valence-electron chi connectivity index (χ1n) is 5.83. The highest BCUT2D eigenvalue weighted by Gasteiger charge is 2.12. The van der Waals surface area contributed by atoms with Crippen LogP contribution in [0.25, 0.3) is 5.57 Å². The first-order chi connectivity index (χ1) is 9.17. The van der Waals surface area contributed by atoms with Gasteiger partial charge in [-0.3, -0.25) is 0 Å². The molecule has 0 aliphatic heterocycles. The maximum absolute atomic E-state index is 5.35. The molecule has 2 nitrogen and oxygen atoms in total. The van der Waals surface area contributed by atoms with Crippen molar-refractivity contribution in [2.75, 3.05) is 14.2 Å². The Balaban J connectivity index is 2.48. The lowest BCUT2D eigenvalue weighted by Gasteiger charge is -2.13. The van der Waals surface area contributed by atoms with Crippen molar-refractivity contribution in [3.05, 3.63) is 64.6 Å². The second-order valence-electron chi connectivity index (χ2n) is 4.04. The number of rotatable bonds is 4. The fraction of sp³-hybridized carbons (Fsp3) is 0.125. The van der Waals surface area contributed by atoms with Crippen LogP contribution in [0.2, 0.25) is 0 Å². The van der Waals surface area contributed by atoms with Crippen molar-refractivity contribution in [3.63, 3.8) is 0 Å². The fourth-order valence-corrected chi connectivity index (χ4v) is 2.40. The Bertz CT molecular complexity index is 566. The lowest BCUT2D eigenvalue weighted by molar-refractivity contribution is 0.389. The summed E-state index contributed by atoms with van der Waals surface area (Å²) in [4.78, 5) is 0. The van der Waals surface area contributed by atoms with Gasteiger partial charge in [0.2, 0.25) is 0 Å². The van der Waals surface area contributed by atoms with E-state index in [-0.39, 0.29) is 0 Å². The molecule has 0 amide bonds. The van der Waals surface area contributed by atoms with Crippen LogP contribution in [0.4, 0.5) is 0 Å². The third-order valence-electron chi connectivity index (χ3n) is 2.92. The minimum Gasteiger partial charge on any atom is -0.495 e. The molecule has 19 heavy (non-hydrogen) atoms. The second-order valence-corrected chi connectivity index (χ2v) is 4.83. The summed E-state index contributed by atoms with van der Waals surface area (Å²) in [5, 5.41) is 0. The number of methoxy groups -OCH3 is 2. The molecule has 2 aromatic rings. The molecule has 0 N–H and O–H groups in total. The molecule has 0 fully saturated rings. The van der Waals surface area contributed by atoms with Gasteiger partial charge in [-0.2, -0.15) is 0 Å². The molecule has 0 aromatic heterocycles. The van der Waals surface area contributed by atoms with Gasteiger partial charge in [0.15, 0.2) is 0 Å². The van der Waals surface area contributed by atoms with Crippen LogP contribution in [-0.4, -0.2) is 14.2 Å². The molecule has 0 saturated heterocycles. The van der Waals surface area contributed by atoms with Gasteiger partial charge in [-0.05, 0) is 44.8 Å². The van der Waals surface area contributed by atoms with Gasteiger partial charge >= 0.3 is 0 Å². The Morgan fingerprint density at radius 2 is 1.47 bits per heavy atom. The predicted octanol–water partition coefficient (Wildman–Crippen LogP) is 4.53. The summed E-state index contributed by atoms with van der Waals surface area (Å²) in [5.74, 6) is 1.46. The molecule has 2 aromatic carbocycles. The Hall–Kier alpha value is -1.74. The SMILES string of the molecule is C=C(c1ccccc1)c1cc(OC)c(Br)c(OC)c1. The van der Waals surface area contributed by atoms with E-state index in [0.717, 1.165) is 32.7 Å². The third kappa shape index (κ3) is 2.82. The van der Waals surface area contributed by atoms with E-state index in [2.05, 4.69) is 22.5 Å². The maximum Gasteiger partial charge on any atom is 0.137 e. The second kappa shape index (κ2) is 5.93. The van der Waals surface area contributed by atoms with Crippen LogP contribution in [-0.2, 0) is 0 Å². The van der Waals surface area contributed by atoms with Crippen LogP contribution in [0.1, 0.15) is 11.1 Å². The highest BCUT2D eigenvalue weighted by Crippen LogP contribution is 2.38. The van der Waals surface area contributed by atoms with Crippen LogP contribution < -0.4 is 9.47 Å². The summed E-state index contributed by atoms with van der Waals surface area (Å²) in [7, 11) is 3.27. The van der Waals surface area contributed by atoms with Crippen molar-refractivity contribution < 1.29 is 9.47 Å². The minimum absolute atomic E-state index is 0.728. The molecule has 0 aliphatic carbocycles. The van der Waals surface area contributed by atoms with E-state index in [1.54, 1.807) is 14.2 Å². The van der Waals surface area contributed by atoms with Crippen molar-refractivity contribution in [2.45, 2.75) is 0 Å². The fourth-order valence-electron chi connectivity index (χ4n) is 1.85. The van der Waals surface area contributed by atoms with Crippen molar-refractivity contribution in [1.82, 2.24) is 0 Å². The summed E-state index contributed by atoms with van der Waals surface area (Å²) >= 11 is 3.46. The quantitative estimate of drug-likeness (QED) is 0.824. The van der Waals surface area contributed by atoms with Crippen molar-refractivity contribution in [2.24, 2.45) is 0 Å². The monoisotopic (exact) mass is 318 g/mol. The Morgan fingerprint density at radius 1 is 0.947 bits per heavy atom. The maximum atomic E-state index is 5.35. The lowest BCUT2D eigenvalue weighted by atomic mass is 9.99. The minimum atomic E-state index is 0.728. The predicted molar refractivity (Wildman–Crippen MR) is 81.8 cm³/mol. The number of hydrogen-bond acceptors (Lipinski definition) is 2. The van der Waals surface area contributed by atoms with E-state index in [1.165, 1.54) is 0 Å². The van der Waals surface area contributed by atoms with Gasteiger partial charge in [0.1, 0.15) is 16.0 Å². The first kappa shape index (κ1) is 13.7. The summed E-state index contributed by atoms with van der Waals surface area (Å²) in [6, 6.07) is 13.9. The number of ether oxygens (including phenoxy) is 2. The van der Waals surface area contributed by atoms with E-state index in [4.69, 9.17) is 9.47 Å². The summed E-state index contributed by atoms with van der Waals surface area (Å²) in [6.45, 7) is 4.15. The summed E-state index contributed by atoms with van der Waals surface area (Å²) < 4.78 is 11.5. The molecule has 0 unspecified atom stereocenters.